The zero-order chi connectivity index (χ0) is 22.5. The quantitative estimate of drug-likeness (QED) is 0.408. The van der Waals surface area contributed by atoms with E-state index < -0.39 is 30.9 Å². The smallest absolute Gasteiger partial charge is 0.338 e. The van der Waals surface area contributed by atoms with Gasteiger partial charge in [0, 0.05) is 10.9 Å². The summed E-state index contributed by atoms with van der Waals surface area (Å²) in [5.74, 6) is -1.43. The van der Waals surface area contributed by atoms with Crippen molar-refractivity contribution in [3.63, 3.8) is 0 Å². The molecule has 0 saturated heterocycles. The average molecular weight is 427 g/mol. The maximum atomic E-state index is 12.5. The number of amides is 1. The molecule has 1 heterocycles. The number of ether oxygens (including phenoxy) is 4. The molecule has 0 saturated carbocycles. The summed E-state index contributed by atoms with van der Waals surface area (Å²) in [7, 11) is 2.71. The van der Waals surface area contributed by atoms with Crippen molar-refractivity contribution in [2.24, 2.45) is 5.73 Å². The highest BCUT2D eigenvalue weighted by Crippen LogP contribution is 2.38. The number of rotatable bonds is 9. The van der Waals surface area contributed by atoms with E-state index in [-0.39, 0.29) is 28.6 Å². The van der Waals surface area contributed by atoms with Crippen LogP contribution >= 0.6 is 0 Å². The Morgan fingerprint density at radius 2 is 1.65 bits per heavy atom. The number of aryl methyl sites for hydroxylation is 1. The molecule has 31 heavy (non-hydrogen) atoms. The Morgan fingerprint density at radius 1 is 1.00 bits per heavy atom. The number of methoxy groups -OCH3 is 2. The first kappa shape index (κ1) is 21.7. The Hall–Kier alpha value is -4.01. The van der Waals surface area contributed by atoms with Gasteiger partial charge < -0.3 is 29.1 Å². The number of carbonyl (C=O) groups excluding carboxylic acids is 3. The van der Waals surface area contributed by atoms with E-state index >= 15 is 0 Å². The van der Waals surface area contributed by atoms with Gasteiger partial charge in [0.05, 0.1) is 19.8 Å². The molecule has 0 aliphatic carbocycles. The number of ketones is 1. The summed E-state index contributed by atoms with van der Waals surface area (Å²) in [6, 6.07) is 9.94. The monoisotopic (exact) mass is 427 g/mol. The minimum atomic E-state index is -0.778. The number of hydrogen-bond acceptors (Lipinski definition) is 8. The van der Waals surface area contributed by atoms with Gasteiger partial charge in [0.25, 0.3) is 5.91 Å². The molecule has 0 bridgehead atoms. The molecule has 162 valence electrons. The lowest BCUT2D eigenvalue weighted by molar-refractivity contribution is -0.120. The van der Waals surface area contributed by atoms with Gasteiger partial charge in [-0.05, 0) is 25.1 Å². The van der Waals surface area contributed by atoms with Crippen LogP contribution in [0.3, 0.4) is 0 Å². The van der Waals surface area contributed by atoms with Crippen molar-refractivity contribution in [2.75, 3.05) is 27.4 Å². The Morgan fingerprint density at radius 3 is 2.23 bits per heavy atom. The van der Waals surface area contributed by atoms with Crippen LogP contribution in [0.1, 0.15) is 26.5 Å². The molecule has 2 aromatic carbocycles. The lowest BCUT2D eigenvalue weighted by Crippen LogP contribution is -2.20. The van der Waals surface area contributed by atoms with E-state index in [9.17, 15) is 14.4 Å². The summed E-state index contributed by atoms with van der Waals surface area (Å²) >= 11 is 0. The molecule has 0 spiro atoms. The molecule has 1 aromatic heterocycles. The molecule has 0 unspecified atom stereocenters. The number of fused-ring (bicyclic) bond motifs is 1. The summed E-state index contributed by atoms with van der Waals surface area (Å²) < 4.78 is 26.5. The van der Waals surface area contributed by atoms with Crippen LogP contribution in [0.15, 0.2) is 40.8 Å². The van der Waals surface area contributed by atoms with Crippen LogP contribution in [-0.2, 0) is 9.53 Å². The zero-order valence-electron chi connectivity index (χ0n) is 17.2. The van der Waals surface area contributed by atoms with E-state index in [0.29, 0.717) is 11.1 Å². The molecule has 0 aliphatic heterocycles. The SMILES string of the molecule is COc1cc(C(=O)OCC(=O)c2oc3ccccc3c2C)cc(OC)c1OCC(N)=O. The fourth-order valence-corrected chi connectivity index (χ4v) is 3.00. The van der Waals surface area contributed by atoms with Gasteiger partial charge in [0.15, 0.2) is 30.5 Å². The molecule has 0 atom stereocenters. The van der Waals surface area contributed by atoms with Crippen LogP contribution < -0.4 is 19.9 Å². The summed E-state index contributed by atoms with van der Waals surface area (Å²) in [5, 5.41) is 0.818. The Kier molecular flexibility index (Phi) is 6.44. The van der Waals surface area contributed by atoms with Crippen molar-refractivity contribution >= 4 is 28.6 Å². The third kappa shape index (κ3) is 4.61. The fourth-order valence-electron chi connectivity index (χ4n) is 3.00. The van der Waals surface area contributed by atoms with Crippen molar-refractivity contribution in [3.8, 4) is 17.2 Å². The maximum Gasteiger partial charge on any atom is 0.338 e. The van der Waals surface area contributed by atoms with E-state index in [1.807, 2.05) is 12.1 Å². The topological polar surface area (TPSA) is 127 Å². The van der Waals surface area contributed by atoms with Crippen LogP contribution in [0.2, 0.25) is 0 Å². The number of furan rings is 1. The van der Waals surface area contributed by atoms with Gasteiger partial charge in [0.1, 0.15) is 5.58 Å². The van der Waals surface area contributed by atoms with Gasteiger partial charge in [-0.15, -0.1) is 0 Å². The van der Waals surface area contributed by atoms with E-state index in [2.05, 4.69) is 0 Å². The number of nitrogens with two attached hydrogens (primary N) is 1. The van der Waals surface area contributed by atoms with E-state index in [4.69, 9.17) is 29.1 Å². The second-order valence-corrected chi connectivity index (χ2v) is 6.52. The molecule has 0 radical (unpaired) electrons. The van der Waals surface area contributed by atoms with Crippen LogP contribution in [0, 0.1) is 6.92 Å². The highest BCUT2D eigenvalue weighted by Gasteiger charge is 2.22. The average Bonchev–Trinajstić information content (AvgIpc) is 3.11. The summed E-state index contributed by atoms with van der Waals surface area (Å²) in [6.07, 6.45) is 0. The van der Waals surface area contributed by atoms with Gasteiger partial charge in [-0.3, -0.25) is 9.59 Å². The van der Waals surface area contributed by atoms with Gasteiger partial charge >= 0.3 is 5.97 Å². The lowest BCUT2D eigenvalue weighted by Gasteiger charge is -2.15. The van der Waals surface area contributed by atoms with Gasteiger partial charge in [-0.25, -0.2) is 4.79 Å². The molecule has 9 heteroatoms. The van der Waals surface area contributed by atoms with Crippen LogP contribution in [0.4, 0.5) is 0 Å². The highest BCUT2D eigenvalue weighted by molar-refractivity contribution is 6.02. The first-order valence-electron chi connectivity index (χ1n) is 9.21. The van der Waals surface area contributed by atoms with Crippen LogP contribution in [0.5, 0.6) is 17.2 Å². The Bertz CT molecular complexity index is 1120. The van der Waals surface area contributed by atoms with E-state index in [1.165, 1.54) is 26.4 Å². The molecule has 9 nitrogen and oxygen atoms in total. The molecule has 1 amide bonds. The van der Waals surface area contributed by atoms with Crippen molar-refractivity contribution in [1.29, 1.82) is 0 Å². The Labute approximate surface area is 177 Å². The minimum absolute atomic E-state index is 0.0641. The Balaban J connectivity index is 1.77. The molecule has 3 rings (SSSR count). The van der Waals surface area contributed by atoms with Crippen molar-refractivity contribution in [1.82, 2.24) is 0 Å². The van der Waals surface area contributed by atoms with Crippen molar-refractivity contribution < 1.29 is 37.7 Å². The molecule has 3 aromatic rings. The van der Waals surface area contributed by atoms with Gasteiger partial charge in [-0.2, -0.15) is 0 Å². The minimum Gasteiger partial charge on any atom is -0.493 e. The number of hydrogen-bond donors (Lipinski definition) is 1. The molecule has 2 N–H and O–H groups in total. The van der Waals surface area contributed by atoms with Gasteiger partial charge in [0.2, 0.25) is 11.5 Å². The molecular formula is C22H21NO8. The second kappa shape index (κ2) is 9.21. The molecular weight excluding hydrogens is 406 g/mol. The van der Waals surface area contributed by atoms with Crippen LogP contribution in [0.25, 0.3) is 11.0 Å². The second-order valence-electron chi connectivity index (χ2n) is 6.52. The van der Waals surface area contributed by atoms with E-state index in [1.54, 1.807) is 19.1 Å². The van der Waals surface area contributed by atoms with Crippen molar-refractivity contribution in [3.05, 3.63) is 53.3 Å². The van der Waals surface area contributed by atoms with Gasteiger partial charge in [-0.1, -0.05) is 18.2 Å². The summed E-state index contributed by atoms with van der Waals surface area (Å²) in [5.41, 5.74) is 6.41. The first-order valence-corrected chi connectivity index (χ1v) is 9.21. The van der Waals surface area contributed by atoms with Crippen molar-refractivity contribution in [2.45, 2.75) is 6.92 Å². The summed E-state index contributed by atoms with van der Waals surface area (Å²) in [4.78, 5) is 36.1. The third-order valence-corrected chi connectivity index (χ3v) is 4.49. The lowest BCUT2D eigenvalue weighted by atomic mass is 10.1. The molecule has 0 aliphatic rings. The number of carbonyl (C=O) groups is 3. The first-order chi connectivity index (χ1) is 14.8. The third-order valence-electron chi connectivity index (χ3n) is 4.49. The number of Topliss-reactive ketones (excluding diaryl/α,β-unsaturated/α-hetero) is 1. The van der Waals surface area contributed by atoms with Crippen LogP contribution in [-0.4, -0.2) is 45.1 Å². The summed E-state index contributed by atoms with van der Waals surface area (Å²) in [6.45, 7) is 0.855. The van der Waals surface area contributed by atoms with E-state index in [0.717, 1.165) is 5.39 Å². The predicted molar refractivity (Wildman–Crippen MR) is 110 cm³/mol. The number of esters is 1. The maximum absolute atomic E-state index is 12.5. The standard InChI is InChI=1S/C22H21NO8/c1-12-14-6-4-5-7-16(14)31-20(12)15(24)10-30-22(26)13-8-17(27-2)21(18(9-13)28-3)29-11-19(23)25/h4-9H,10-11H2,1-3H3,(H2,23,25). The normalized spacial score (nSPS) is 10.5. The molecule has 0 fully saturated rings. The predicted octanol–water partition coefficient (Wildman–Crippen LogP) is 2.66. The number of primary amides is 1. The number of benzene rings is 2. The highest BCUT2D eigenvalue weighted by atomic mass is 16.5. The zero-order valence-corrected chi connectivity index (χ0v) is 17.2. The largest absolute Gasteiger partial charge is 0.493 e. The fraction of sp³-hybridized carbons (Fsp3) is 0.227. The number of para-hydroxylation sites is 1.